The molecule has 1 N–H and O–H groups in total. The van der Waals surface area contributed by atoms with Gasteiger partial charge in [-0.2, -0.15) is 0 Å². The number of halogens is 3. The molecule has 130 valence electrons. The van der Waals surface area contributed by atoms with Crippen LogP contribution in [0.2, 0.25) is 5.02 Å². The first kappa shape index (κ1) is 20.0. The third-order valence-electron chi connectivity index (χ3n) is 3.83. The molecule has 1 amide bonds. The number of amides is 1. The predicted octanol–water partition coefficient (Wildman–Crippen LogP) is 3.13. The molecule has 1 aliphatic heterocycles. The molecule has 1 aromatic rings. The van der Waals surface area contributed by atoms with Crippen molar-refractivity contribution in [3.63, 3.8) is 0 Å². The molecule has 1 aliphatic rings. The first-order valence-electron chi connectivity index (χ1n) is 7.60. The third-order valence-corrected chi connectivity index (χ3v) is 4.13. The minimum atomic E-state index is -0.405. The Bertz CT molecular complexity index is 515. The van der Waals surface area contributed by atoms with Crippen molar-refractivity contribution in [3.8, 4) is 5.75 Å². The number of hydrogen-bond acceptors (Lipinski definition) is 3. The van der Waals surface area contributed by atoms with Crippen molar-refractivity contribution in [2.75, 3.05) is 33.3 Å². The Kier molecular flexibility index (Phi) is 8.66. The summed E-state index contributed by atoms with van der Waals surface area (Å²) in [5, 5.41) is 3.39. The van der Waals surface area contributed by atoms with Crippen molar-refractivity contribution in [2.45, 2.75) is 19.3 Å². The van der Waals surface area contributed by atoms with Crippen molar-refractivity contribution in [1.29, 1.82) is 0 Å². The molecule has 1 fully saturated rings. The van der Waals surface area contributed by atoms with E-state index in [1.165, 1.54) is 18.2 Å². The molecule has 0 spiro atoms. The Morgan fingerprint density at radius 2 is 2.30 bits per heavy atom. The maximum atomic E-state index is 12.9. The van der Waals surface area contributed by atoms with E-state index in [1.807, 2.05) is 11.9 Å². The van der Waals surface area contributed by atoms with Gasteiger partial charge in [0, 0.05) is 13.1 Å². The summed E-state index contributed by atoms with van der Waals surface area (Å²) in [7, 11) is 1.93. The summed E-state index contributed by atoms with van der Waals surface area (Å²) in [5.74, 6) is 0.620. The molecule has 1 heterocycles. The molecule has 0 bridgehead atoms. The van der Waals surface area contributed by atoms with Crippen LogP contribution in [0, 0.1) is 11.7 Å². The Balaban J connectivity index is 0.00000264. The van der Waals surface area contributed by atoms with Crippen LogP contribution in [0.3, 0.4) is 0 Å². The van der Waals surface area contributed by atoms with Crippen LogP contribution in [0.15, 0.2) is 18.2 Å². The SMILES string of the molecule is CNCC1CCCN(C(=O)CCOc2ccc(F)cc2Cl)C1.Cl. The highest BCUT2D eigenvalue weighted by Crippen LogP contribution is 2.25. The molecule has 4 nitrogen and oxygen atoms in total. The molecule has 1 saturated heterocycles. The van der Waals surface area contributed by atoms with E-state index in [9.17, 15) is 9.18 Å². The average Bonchev–Trinajstić information content (AvgIpc) is 2.50. The van der Waals surface area contributed by atoms with Crippen LogP contribution in [0.5, 0.6) is 5.75 Å². The Labute approximate surface area is 147 Å². The molecule has 23 heavy (non-hydrogen) atoms. The standard InChI is InChI=1S/C16H22ClFN2O2.ClH/c1-19-10-12-3-2-7-20(11-12)16(21)6-8-22-15-5-4-13(18)9-14(15)17;/h4-5,9,12,19H,2-3,6-8,10-11H2,1H3;1H. The molecule has 0 aromatic heterocycles. The van der Waals surface area contributed by atoms with E-state index in [0.29, 0.717) is 18.1 Å². The van der Waals surface area contributed by atoms with Crippen molar-refractivity contribution < 1.29 is 13.9 Å². The first-order valence-corrected chi connectivity index (χ1v) is 7.98. The molecule has 1 aromatic carbocycles. The summed E-state index contributed by atoms with van der Waals surface area (Å²) in [4.78, 5) is 14.1. The van der Waals surface area contributed by atoms with E-state index in [1.54, 1.807) is 0 Å². The number of ether oxygens (including phenoxy) is 1. The highest BCUT2D eigenvalue weighted by molar-refractivity contribution is 6.32. The predicted molar refractivity (Wildman–Crippen MR) is 92.0 cm³/mol. The number of carbonyl (C=O) groups is 1. The molecule has 7 heteroatoms. The number of benzene rings is 1. The second kappa shape index (κ2) is 9.96. The smallest absolute Gasteiger partial charge is 0.226 e. The number of likely N-dealkylation sites (tertiary alicyclic amines) is 1. The van der Waals surface area contributed by atoms with Gasteiger partial charge in [0.1, 0.15) is 11.6 Å². The van der Waals surface area contributed by atoms with E-state index in [0.717, 1.165) is 32.5 Å². The number of hydrogen-bond donors (Lipinski definition) is 1. The quantitative estimate of drug-likeness (QED) is 0.842. The van der Waals surface area contributed by atoms with Crippen molar-refractivity contribution >= 4 is 29.9 Å². The number of piperidine rings is 1. The fraction of sp³-hybridized carbons (Fsp3) is 0.562. The van der Waals surface area contributed by atoms with E-state index in [4.69, 9.17) is 16.3 Å². The number of nitrogens with one attached hydrogen (secondary N) is 1. The Morgan fingerprint density at radius 1 is 1.52 bits per heavy atom. The van der Waals surface area contributed by atoms with Crippen LogP contribution in [-0.4, -0.2) is 44.1 Å². The lowest BCUT2D eigenvalue weighted by molar-refractivity contribution is -0.133. The molecule has 0 aliphatic carbocycles. The Morgan fingerprint density at radius 3 is 3.00 bits per heavy atom. The summed E-state index contributed by atoms with van der Waals surface area (Å²) in [6, 6.07) is 3.97. The van der Waals surface area contributed by atoms with Crippen LogP contribution < -0.4 is 10.1 Å². The van der Waals surface area contributed by atoms with Gasteiger partial charge in [0.25, 0.3) is 0 Å². The van der Waals surface area contributed by atoms with Crippen LogP contribution >= 0.6 is 24.0 Å². The monoisotopic (exact) mass is 364 g/mol. The van der Waals surface area contributed by atoms with Crippen molar-refractivity contribution in [1.82, 2.24) is 10.2 Å². The zero-order chi connectivity index (χ0) is 15.9. The van der Waals surface area contributed by atoms with Gasteiger partial charge in [-0.1, -0.05) is 11.6 Å². The summed E-state index contributed by atoms with van der Waals surface area (Å²) in [5.41, 5.74) is 0. The molecular formula is C16H23Cl2FN2O2. The summed E-state index contributed by atoms with van der Waals surface area (Å²) < 4.78 is 18.4. The largest absolute Gasteiger partial charge is 0.491 e. The van der Waals surface area contributed by atoms with Crippen LogP contribution in [0.4, 0.5) is 4.39 Å². The summed E-state index contributed by atoms with van der Waals surface area (Å²) >= 11 is 5.88. The topological polar surface area (TPSA) is 41.6 Å². The highest BCUT2D eigenvalue weighted by Gasteiger charge is 2.22. The van der Waals surface area contributed by atoms with Gasteiger partial charge in [-0.3, -0.25) is 4.79 Å². The van der Waals surface area contributed by atoms with E-state index >= 15 is 0 Å². The number of nitrogens with zero attached hydrogens (tertiary/aromatic N) is 1. The maximum Gasteiger partial charge on any atom is 0.226 e. The third kappa shape index (κ3) is 6.16. The van der Waals surface area contributed by atoms with Gasteiger partial charge in [-0.25, -0.2) is 4.39 Å². The summed E-state index contributed by atoms with van der Waals surface area (Å²) in [6.45, 7) is 2.80. The van der Waals surface area contributed by atoms with E-state index < -0.39 is 5.82 Å². The fourth-order valence-corrected chi connectivity index (χ4v) is 2.97. The summed E-state index contributed by atoms with van der Waals surface area (Å²) in [6.07, 6.45) is 2.51. The van der Waals surface area contributed by atoms with Crippen LogP contribution in [0.25, 0.3) is 0 Å². The van der Waals surface area contributed by atoms with Gasteiger partial charge < -0.3 is 15.0 Å². The lowest BCUT2D eigenvalue weighted by Crippen LogP contribution is -2.42. The molecule has 1 unspecified atom stereocenters. The molecular weight excluding hydrogens is 342 g/mol. The van der Waals surface area contributed by atoms with Crippen molar-refractivity contribution in [2.24, 2.45) is 5.92 Å². The highest BCUT2D eigenvalue weighted by atomic mass is 35.5. The molecule has 0 saturated carbocycles. The molecule has 0 radical (unpaired) electrons. The zero-order valence-corrected chi connectivity index (χ0v) is 14.8. The first-order chi connectivity index (χ1) is 10.6. The van der Waals surface area contributed by atoms with Crippen LogP contribution in [-0.2, 0) is 4.79 Å². The lowest BCUT2D eigenvalue weighted by atomic mass is 9.98. The maximum absolute atomic E-state index is 12.9. The van der Waals surface area contributed by atoms with Gasteiger partial charge in [0.2, 0.25) is 5.91 Å². The normalized spacial score (nSPS) is 17.5. The average molecular weight is 365 g/mol. The molecule has 1 atom stereocenters. The minimum Gasteiger partial charge on any atom is -0.491 e. The second-order valence-corrected chi connectivity index (χ2v) is 5.99. The van der Waals surface area contributed by atoms with Gasteiger partial charge in [0.15, 0.2) is 0 Å². The fourth-order valence-electron chi connectivity index (χ4n) is 2.75. The van der Waals surface area contributed by atoms with Gasteiger partial charge in [0.05, 0.1) is 18.1 Å². The molecule has 2 rings (SSSR count). The number of carbonyl (C=O) groups excluding carboxylic acids is 1. The zero-order valence-electron chi connectivity index (χ0n) is 13.2. The van der Waals surface area contributed by atoms with E-state index in [2.05, 4.69) is 5.32 Å². The van der Waals surface area contributed by atoms with E-state index in [-0.39, 0.29) is 29.9 Å². The number of rotatable bonds is 6. The minimum absolute atomic E-state index is 0. The van der Waals surface area contributed by atoms with Gasteiger partial charge in [-0.15, -0.1) is 12.4 Å². The van der Waals surface area contributed by atoms with Gasteiger partial charge in [-0.05, 0) is 50.6 Å². The van der Waals surface area contributed by atoms with Gasteiger partial charge >= 0.3 is 0 Å². The van der Waals surface area contributed by atoms with Crippen LogP contribution in [0.1, 0.15) is 19.3 Å². The Hall–Kier alpha value is -1.04. The van der Waals surface area contributed by atoms with Crippen molar-refractivity contribution in [3.05, 3.63) is 29.0 Å². The second-order valence-electron chi connectivity index (χ2n) is 5.58. The lowest BCUT2D eigenvalue weighted by Gasteiger charge is -2.32.